The first-order valence-electron chi connectivity index (χ1n) is 9.61. The van der Waals surface area contributed by atoms with Crippen molar-refractivity contribution in [2.24, 2.45) is 11.3 Å². The molecule has 1 spiro atoms. The smallest absolute Gasteiger partial charge is 0.407 e. The van der Waals surface area contributed by atoms with Crippen LogP contribution in [0.25, 0.3) is 0 Å². The molecule has 0 aromatic heterocycles. The van der Waals surface area contributed by atoms with Crippen molar-refractivity contribution in [2.75, 3.05) is 19.6 Å². The van der Waals surface area contributed by atoms with Gasteiger partial charge in [0.15, 0.2) is 0 Å². The number of nitrogens with zero attached hydrogens (tertiary/aromatic N) is 1. The topological polar surface area (TPSA) is 41.6 Å². The minimum atomic E-state index is -0.217. The van der Waals surface area contributed by atoms with Crippen molar-refractivity contribution in [1.82, 2.24) is 10.2 Å². The van der Waals surface area contributed by atoms with Crippen LogP contribution in [0.15, 0.2) is 22.7 Å². The number of carbonyl (C=O) groups is 1. The fraction of sp³-hybridized carbons (Fsp3) is 0.650. The maximum Gasteiger partial charge on any atom is 0.407 e. The molecule has 4 fully saturated rings. The molecule has 1 aromatic carbocycles. The Morgan fingerprint density at radius 2 is 2.04 bits per heavy atom. The third-order valence-corrected chi connectivity index (χ3v) is 7.42. The van der Waals surface area contributed by atoms with Crippen LogP contribution in [0.1, 0.15) is 49.3 Å². The van der Waals surface area contributed by atoms with Crippen LogP contribution in [0.3, 0.4) is 0 Å². The minimum Gasteiger partial charge on any atom is -0.445 e. The number of nitrogens with one attached hydrogen (secondary N) is 1. The zero-order chi connectivity index (χ0) is 17.0. The van der Waals surface area contributed by atoms with Crippen LogP contribution in [0.4, 0.5) is 4.79 Å². The van der Waals surface area contributed by atoms with Crippen LogP contribution >= 0.6 is 15.9 Å². The van der Waals surface area contributed by atoms with E-state index in [1.54, 1.807) is 0 Å². The quantitative estimate of drug-likeness (QED) is 0.808. The molecular weight excluding hydrogens is 380 g/mol. The van der Waals surface area contributed by atoms with Crippen molar-refractivity contribution in [3.63, 3.8) is 0 Å². The Labute approximate surface area is 157 Å². The van der Waals surface area contributed by atoms with E-state index in [0.717, 1.165) is 17.4 Å². The zero-order valence-corrected chi connectivity index (χ0v) is 16.1. The molecule has 4 nitrogen and oxygen atoms in total. The largest absolute Gasteiger partial charge is 0.445 e. The van der Waals surface area contributed by atoms with Gasteiger partial charge in [0.25, 0.3) is 0 Å². The molecule has 3 aliphatic heterocycles. The van der Waals surface area contributed by atoms with E-state index in [0.29, 0.717) is 5.92 Å². The monoisotopic (exact) mass is 404 g/mol. The highest BCUT2D eigenvalue weighted by molar-refractivity contribution is 9.10. The molecule has 1 amide bonds. The third kappa shape index (κ3) is 2.89. The van der Waals surface area contributed by atoms with Gasteiger partial charge in [0.1, 0.15) is 6.10 Å². The van der Waals surface area contributed by atoms with Crippen LogP contribution in [0.2, 0.25) is 0 Å². The first kappa shape index (κ1) is 16.1. The predicted octanol–water partition coefficient (Wildman–Crippen LogP) is 4.04. The second-order valence-corrected chi connectivity index (χ2v) is 9.28. The molecule has 3 saturated heterocycles. The number of ether oxygens (including phenoxy) is 1. The van der Waals surface area contributed by atoms with Crippen LogP contribution in [0, 0.1) is 11.3 Å². The Hall–Kier alpha value is -1.07. The van der Waals surface area contributed by atoms with Gasteiger partial charge in [-0.1, -0.05) is 22.0 Å². The Morgan fingerprint density at radius 1 is 1.24 bits per heavy atom. The maximum atomic E-state index is 12.7. The Kier molecular flexibility index (Phi) is 3.86. The van der Waals surface area contributed by atoms with Gasteiger partial charge in [-0.2, -0.15) is 0 Å². The van der Waals surface area contributed by atoms with Crippen molar-refractivity contribution >= 4 is 22.0 Å². The minimum absolute atomic E-state index is 0.0747. The maximum absolute atomic E-state index is 12.7. The number of alkyl carbamates (subject to hydrolysis) is 1. The van der Waals surface area contributed by atoms with Gasteiger partial charge in [-0.3, -0.25) is 4.90 Å². The van der Waals surface area contributed by atoms with Gasteiger partial charge >= 0.3 is 6.09 Å². The molecule has 1 unspecified atom stereocenters. The SMILES string of the molecule is O=C(NC1c2ccc(Br)cc2CCC12CC2)O[C@H]1CN2CCC1CC2. The molecule has 3 heterocycles. The van der Waals surface area contributed by atoms with E-state index < -0.39 is 0 Å². The van der Waals surface area contributed by atoms with E-state index in [9.17, 15) is 4.79 Å². The fourth-order valence-electron chi connectivity index (χ4n) is 5.19. The summed E-state index contributed by atoms with van der Waals surface area (Å²) in [7, 11) is 0. The van der Waals surface area contributed by atoms with Crippen molar-refractivity contribution in [2.45, 2.75) is 50.7 Å². The summed E-state index contributed by atoms with van der Waals surface area (Å²) >= 11 is 3.57. The summed E-state index contributed by atoms with van der Waals surface area (Å²) in [5.41, 5.74) is 2.92. The first-order chi connectivity index (χ1) is 12.1. The highest BCUT2D eigenvalue weighted by Gasteiger charge is 2.53. The van der Waals surface area contributed by atoms with Crippen LogP contribution in [-0.4, -0.2) is 36.7 Å². The van der Waals surface area contributed by atoms with Crippen LogP contribution < -0.4 is 5.32 Å². The van der Waals surface area contributed by atoms with Crippen molar-refractivity contribution < 1.29 is 9.53 Å². The second-order valence-electron chi connectivity index (χ2n) is 8.36. The first-order valence-corrected chi connectivity index (χ1v) is 10.4. The Bertz CT molecular complexity index is 695. The van der Waals surface area contributed by atoms with Crippen LogP contribution in [-0.2, 0) is 11.2 Å². The average molecular weight is 405 g/mol. The van der Waals surface area contributed by atoms with Gasteiger partial charge in [0.2, 0.25) is 0 Å². The number of benzene rings is 1. The van der Waals surface area contributed by atoms with Crippen molar-refractivity contribution in [3.8, 4) is 0 Å². The molecule has 25 heavy (non-hydrogen) atoms. The van der Waals surface area contributed by atoms with E-state index in [1.165, 1.54) is 56.3 Å². The molecule has 134 valence electrons. The Morgan fingerprint density at radius 3 is 2.72 bits per heavy atom. The average Bonchev–Trinajstić information content (AvgIpc) is 3.39. The zero-order valence-electron chi connectivity index (χ0n) is 14.5. The van der Waals surface area contributed by atoms with Gasteiger partial charge in [-0.05, 0) is 86.2 Å². The number of hydrogen-bond donors (Lipinski definition) is 1. The molecule has 6 rings (SSSR count). The summed E-state index contributed by atoms with van der Waals surface area (Å²) in [5.74, 6) is 0.556. The predicted molar refractivity (Wildman–Crippen MR) is 99.4 cm³/mol. The van der Waals surface area contributed by atoms with E-state index in [1.807, 2.05) is 0 Å². The summed E-state index contributed by atoms with van der Waals surface area (Å²) in [6.07, 6.45) is 6.91. The van der Waals surface area contributed by atoms with E-state index >= 15 is 0 Å². The number of amides is 1. The second kappa shape index (κ2) is 5.98. The molecule has 2 bridgehead atoms. The molecule has 0 radical (unpaired) electrons. The molecule has 2 aliphatic carbocycles. The van der Waals surface area contributed by atoms with Gasteiger partial charge in [0.05, 0.1) is 6.04 Å². The molecule has 5 heteroatoms. The summed E-state index contributed by atoms with van der Waals surface area (Å²) < 4.78 is 7.00. The molecule has 1 saturated carbocycles. The fourth-order valence-corrected chi connectivity index (χ4v) is 5.60. The third-order valence-electron chi connectivity index (χ3n) is 6.93. The number of aryl methyl sites for hydroxylation is 1. The lowest BCUT2D eigenvalue weighted by atomic mass is 9.77. The summed E-state index contributed by atoms with van der Waals surface area (Å²) in [6, 6.07) is 6.58. The van der Waals surface area contributed by atoms with Crippen molar-refractivity contribution in [1.29, 1.82) is 0 Å². The van der Waals surface area contributed by atoms with Gasteiger partial charge in [-0.25, -0.2) is 4.79 Å². The lowest BCUT2D eigenvalue weighted by Gasteiger charge is -2.44. The highest BCUT2D eigenvalue weighted by Crippen LogP contribution is 2.61. The standard InChI is InChI=1S/C20H25BrN2O2/c21-15-1-2-16-14(11-15)3-6-20(7-8-20)18(16)22-19(24)25-17-12-23-9-4-13(17)5-10-23/h1-2,11,13,17-18H,3-10,12H2,(H,22,24)/t17-,18?/m0/s1. The van der Waals surface area contributed by atoms with Gasteiger partial charge in [0, 0.05) is 11.0 Å². The summed E-state index contributed by atoms with van der Waals surface area (Å²) in [4.78, 5) is 15.1. The van der Waals surface area contributed by atoms with E-state index in [-0.39, 0.29) is 23.7 Å². The van der Waals surface area contributed by atoms with Crippen molar-refractivity contribution in [3.05, 3.63) is 33.8 Å². The number of fused-ring (bicyclic) bond motifs is 4. The number of rotatable bonds is 2. The lowest BCUT2D eigenvalue weighted by molar-refractivity contribution is -0.0347. The molecule has 1 aromatic rings. The Balaban J connectivity index is 1.32. The van der Waals surface area contributed by atoms with E-state index in [4.69, 9.17) is 4.74 Å². The normalized spacial score (nSPS) is 34.4. The molecule has 2 atom stereocenters. The van der Waals surface area contributed by atoms with Crippen LogP contribution in [0.5, 0.6) is 0 Å². The number of piperidine rings is 3. The molecular formula is C20H25BrN2O2. The summed E-state index contributed by atoms with van der Waals surface area (Å²) in [6.45, 7) is 3.25. The van der Waals surface area contributed by atoms with Gasteiger partial charge in [-0.15, -0.1) is 0 Å². The lowest BCUT2D eigenvalue weighted by Crippen LogP contribution is -2.53. The molecule has 1 N–H and O–H groups in total. The molecule has 5 aliphatic rings. The highest BCUT2D eigenvalue weighted by atomic mass is 79.9. The number of halogens is 1. The number of carbonyl (C=O) groups excluding carboxylic acids is 1. The van der Waals surface area contributed by atoms with E-state index in [2.05, 4.69) is 44.3 Å². The number of hydrogen-bond acceptors (Lipinski definition) is 3. The van der Waals surface area contributed by atoms with Gasteiger partial charge < -0.3 is 10.1 Å². The summed E-state index contributed by atoms with van der Waals surface area (Å²) in [5, 5.41) is 3.26.